The fraction of sp³-hybridized carbons (Fsp3) is 0.391. The van der Waals surface area contributed by atoms with Crippen molar-refractivity contribution in [2.75, 3.05) is 38.2 Å². The second kappa shape index (κ2) is 8.85. The van der Waals surface area contributed by atoms with E-state index >= 15 is 0 Å². The molecule has 2 aromatic heterocycles. The first-order chi connectivity index (χ1) is 15.9. The number of nitrogens with one attached hydrogen (secondary N) is 2. The summed E-state index contributed by atoms with van der Waals surface area (Å²) in [6.45, 7) is 6.02. The van der Waals surface area contributed by atoms with E-state index in [9.17, 15) is 9.59 Å². The van der Waals surface area contributed by atoms with Crippen LogP contribution in [0.3, 0.4) is 0 Å². The Morgan fingerprint density at radius 3 is 2.97 bits per heavy atom. The van der Waals surface area contributed by atoms with Crippen molar-refractivity contribution in [2.24, 2.45) is 0 Å². The van der Waals surface area contributed by atoms with Crippen molar-refractivity contribution >= 4 is 38.6 Å². The lowest BCUT2D eigenvalue weighted by atomic mass is 10.1. The van der Waals surface area contributed by atoms with Gasteiger partial charge in [-0.1, -0.05) is 0 Å². The number of rotatable bonds is 3. The zero-order valence-corrected chi connectivity index (χ0v) is 20.1. The summed E-state index contributed by atoms with van der Waals surface area (Å²) in [7, 11) is 1.60. The summed E-state index contributed by atoms with van der Waals surface area (Å²) < 4.78 is 6.81. The highest BCUT2D eigenvalue weighted by molar-refractivity contribution is 9.10. The molecule has 0 spiro atoms. The SMILES string of the molecule is CNC(=O)c1ccc2c(n1)COC[C@H]1CN(Cc3cc(Br)c4nc(C)c(=O)[nH]c4c3)CCN21. The first-order valence-corrected chi connectivity index (χ1v) is 11.7. The molecule has 0 saturated carbocycles. The summed E-state index contributed by atoms with van der Waals surface area (Å²) in [6, 6.07) is 8.03. The van der Waals surface area contributed by atoms with Gasteiger partial charge in [0.2, 0.25) is 0 Å². The third kappa shape index (κ3) is 4.25. The van der Waals surface area contributed by atoms with E-state index in [2.05, 4.69) is 52.1 Å². The minimum absolute atomic E-state index is 0.164. The molecule has 2 N–H and O–H groups in total. The van der Waals surface area contributed by atoms with Gasteiger partial charge in [-0.15, -0.1) is 0 Å². The number of fused-ring (bicyclic) bond motifs is 4. The molecular weight excluding hydrogens is 488 g/mol. The molecule has 0 radical (unpaired) electrons. The molecule has 9 nitrogen and oxygen atoms in total. The zero-order chi connectivity index (χ0) is 23.1. The number of pyridine rings is 1. The molecule has 172 valence electrons. The van der Waals surface area contributed by atoms with E-state index in [0.717, 1.165) is 58.6 Å². The number of hydrogen-bond donors (Lipinski definition) is 2. The molecule has 4 heterocycles. The quantitative estimate of drug-likeness (QED) is 0.552. The first-order valence-electron chi connectivity index (χ1n) is 10.9. The van der Waals surface area contributed by atoms with Gasteiger partial charge in [0.1, 0.15) is 16.9 Å². The topological polar surface area (TPSA) is 103 Å². The van der Waals surface area contributed by atoms with Crippen molar-refractivity contribution in [3.8, 4) is 0 Å². The van der Waals surface area contributed by atoms with Crippen LogP contribution in [0.2, 0.25) is 0 Å². The van der Waals surface area contributed by atoms with Crippen LogP contribution in [0.25, 0.3) is 11.0 Å². The van der Waals surface area contributed by atoms with E-state index in [4.69, 9.17) is 4.74 Å². The highest BCUT2D eigenvalue weighted by Crippen LogP contribution is 2.29. The number of halogens is 1. The number of anilines is 1. The molecule has 1 saturated heterocycles. The van der Waals surface area contributed by atoms with Gasteiger partial charge in [-0.2, -0.15) is 0 Å². The van der Waals surface area contributed by atoms with Crippen LogP contribution in [0.15, 0.2) is 33.5 Å². The van der Waals surface area contributed by atoms with Crippen molar-refractivity contribution < 1.29 is 9.53 Å². The highest BCUT2D eigenvalue weighted by atomic mass is 79.9. The number of H-pyrrole nitrogens is 1. The molecule has 3 aromatic rings. The maximum atomic E-state index is 12.0. The van der Waals surface area contributed by atoms with Crippen molar-refractivity contribution in [3.05, 3.63) is 61.7 Å². The van der Waals surface area contributed by atoms with Crippen LogP contribution >= 0.6 is 15.9 Å². The predicted molar refractivity (Wildman–Crippen MR) is 128 cm³/mol. The van der Waals surface area contributed by atoms with Gasteiger partial charge < -0.3 is 19.9 Å². The van der Waals surface area contributed by atoms with E-state index in [1.807, 2.05) is 12.1 Å². The van der Waals surface area contributed by atoms with Crippen LogP contribution in [-0.4, -0.2) is 65.1 Å². The number of aromatic amines is 1. The van der Waals surface area contributed by atoms with Crippen LogP contribution in [0, 0.1) is 6.92 Å². The van der Waals surface area contributed by atoms with E-state index < -0.39 is 0 Å². The van der Waals surface area contributed by atoms with E-state index in [-0.39, 0.29) is 17.5 Å². The molecular formula is C23H25BrN6O3. The second-order valence-corrected chi connectivity index (χ2v) is 9.32. The van der Waals surface area contributed by atoms with Crippen LogP contribution in [-0.2, 0) is 17.9 Å². The summed E-state index contributed by atoms with van der Waals surface area (Å²) in [5.74, 6) is -0.198. The maximum Gasteiger partial charge on any atom is 0.269 e. The summed E-state index contributed by atoms with van der Waals surface area (Å²) in [6.07, 6.45) is 0. The minimum Gasteiger partial charge on any atom is -0.373 e. The van der Waals surface area contributed by atoms with Crippen LogP contribution in [0.1, 0.15) is 27.4 Å². The monoisotopic (exact) mass is 512 g/mol. The van der Waals surface area contributed by atoms with Gasteiger partial charge in [0.25, 0.3) is 11.5 Å². The Morgan fingerprint density at radius 2 is 2.15 bits per heavy atom. The second-order valence-electron chi connectivity index (χ2n) is 8.46. The number of nitrogens with zero attached hydrogens (tertiary/aromatic N) is 4. The van der Waals surface area contributed by atoms with Gasteiger partial charge in [-0.05, 0) is 52.7 Å². The van der Waals surface area contributed by atoms with Gasteiger partial charge in [-0.25, -0.2) is 9.97 Å². The molecule has 33 heavy (non-hydrogen) atoms. The van der Waals surface area contributed by atoms with Crippen LogP contribution in [0.4, 0.5) is 5.69 Å². The third-order valence-electron chi connectivity index (χ3n) is 6.22. The van der Waals surface area contributed by atoms with Crippen molar-refractivity contribution in [2.45, 2.75) is 26.1 Å². The fourth-order valence-electron chi connectivity index (χ4n) is 4.58. The number of hydrogen-bond acceptors (Lipinski definition) is 7. The number of carbonyl (C=O) groups is 1. The van der Waals surface area contributed by atoms with Crippen LogP contribution < -0.4 is 15.8 Å². The first kappa shape index (κ1) is 22.0. The van der Waals surface area contributed by atoms with Crippen LogP contribution in [0.5, 0.6) is 0 Å². The number of piperazine rings is 1. The maximum absolute atomic E-state index is 12.0. The number of ether oxygens (including phenoxy) is 1. The average Bonchev–Trinajstić information content (AvgIpc) is 2.98. The van der Waals surface area contributed by atoms with E-state index in [0.29, 0.717) is 24.6 Å². The minimum atomic E-state index is -0.198. The van der Waals surface area contributed by atoms with E-state index in [1.54, 1.807) is 20.0 Å². The molecule has 1 fully saturated rings. The molecule has 0 unspecified atom stereocenters. The number of aryl methyl sites for hydroxylation is 1. The molecule has 0 aliphatic carbocycles. The number of aromatic nitrogens is 3. The third-order valence-corrected chi connectivity index (χ3v) is 6.83. The Bertz CT molecular complexity index is 1290. The Labute approximate surface area is 199 Å². The Kier molecular flexibility index (Phi) is 5.90. The normalized spacial score (nSPS) is 18.5. The molecule has 1 aromatic carbocycles. The Morgan fingerprint density at radius 1 is 1.30 bits per heavy atom. The Balaban J connectivity index is 1.35. The van der Waals surface area contributed by atoms with Gasteiger partial charge in [0, 0.05) is 37.7 Å². The summed E-state index contributed by atoms with van der Waals surface area (Å²) >= 11 is 3.61. The van der Waals surface area contributed by atoms with Gasteiger partial charge in [0.05, 0.1) is 36.2 Å². The lowest BCUT2D eigenvalue weighted by Gasteiger charge is -2.42. The number of amides is 1. The van der Waals surface area contributed by atoms with Gasteiger partial charge in [-0.3, -0.25) is 14.5 Å². The summed E-state index contributed by atoms with van der Waals surface area (Å²) in [5.41, 5.74) is 5.14. The Hall–Kier alpha value is -2.82. The zero-order valence-electron chi connectivity index (χ0n) is 18.5. The standard InChI is InChI=1S/C23H25BrN6O3/c1-13-22(31)28-18-8-14(7-16(24)21(18)26-13)9-29-5-6-30-15(10-29)11-33-12-19-20(30)4-3-17(27-19)23(32)25-2/h3-4,7-8,15H,5-6,9-12H2,1-2H3,(H,25,32)(H,28,31)/t15-/m1/s1. The lowest BCUT2D eigenvalue weighted by Crippen LogP contribution is -2.54. The summed E-state index contributed by atoms with van der Waals surface area (Å²) in [5, 5.41) is 2.62. The van der Waals surface area contributed by atoms with Gasteiger partial charge in [0.15, 0.2) is 0 Å². The number of carbonyl (C=O) groups excluding carboxylic acids is 1. The smallest absolute Gasteiger partial charge is 0.269 e. The molecule has 2 aliphatic heterocycles. The molecule has 1 amide bonds. The van der Waals surface area contributed by atoms with Crippen molar-refractivity contribution in [3.63, 3.8) is 0 Å². The molecule has 0 bridgehead atoms. The molecule has 2 aliphatic rings. The largest absolute Gasteiger partial charge is 0.373 e. The van der Waals surface area contributed by atoms with Crippen molar-refractivity contribution in [1.29, 1.82) is 0 Å². The predicted octanol–water partition coefficient (Wildman–Crippen LogP) is 1.97. The number of benzene rings is 1. The summed E-state index contributed by atoms with van der Waals surface area (Å²) in [4.78, 5) is 40.6. The van der Waals surface area contributed by atoms with Crippen molar-refractivity contribution in [1.82, 2.24) is 25.2 Å². The molecule has 5 rings (SSSR count). The lowest BCUT2D eigenvalue weighted by molar-refractivity contribution is 0.0876. The average molecular weight is 513 g/mol. The van der Waals surface area contributed by atoms with Gasteiger partial charge >= 0.3 is 0 Å². The molecule has 10 heteroatoms. The highest BCUT2D eigenvalue weighted by Gasteiger charge is 2.31. The molecule has 1 atom stereocenters. The fourth-order valence-corrected chi connectivity index (χ4v) is 5.17. The van der Waals surface area contributed by atoms with E-state index in [1.165, 1.54) is 0 Å².